The first-order chi connectivity index (χ1) is 13.5. The van der Waals surface area contributed by atoms with Gasteiger partial charge in [0.25, 0.3) is 5.91 Å². The first kappa shape index (κ1) is 20.1. The van der Waals surface area contributed by atoms with E-state index in [1.54, 1.807) is 19.2 Å². The molecule has 0 unspecified atom stereocenters. The normalized spacial score (nSPS) is 17.7. The molecule has 2 aromatic rings. The highest BCUT2D eigenvalue weighted by molar-refractivity contribution is 5.78. The number of piperidine rings is 1. The zero-order valence-corrected chi connectivity index (χ0v) is 17.0. The van der Waals surface area contributed by atoms with Gasteiger partial charge in [0.15, 0.2) is 6.61 Å². The number of anilines is 1. The quantitative estimate of drug-likeness (QED) is 0.780. The topological polar surface area (TPSA) is 50.8 Å². The van der Waals surface area contributed by atoms with Crippen LogP contribution in [0.5, 0.6) is 11.5 Å². The summed E-state index contributed by atoms with van der Waals surface area (Å²) in [6, 6.07) is 15.7. The van der Waals surface area contributed by atoms with E-state index in [-0.39, 0.29) is 18.6 Å². The van der Waals surface area contributed by atoms with Gasteiger partial charge in [-0.05, 0) is 55.5 Å². The molecule has 1 aliphatic rings. The lowest BCUT2D eigenvalue weighted by molar-refractivity contribution is -0.123. The molecule has 1 heterocycles. The zero-order chi connectivity index (χ0) is 19.9. The Balaban J connectivity index is 1.50. The molecule has 1 N–H and O–H groups in total. The molecule has 150 valence electrons. The second-order valence-corrected chi connectivity index (χ2v) is 7.54. The first-order valence-corrected chi connectivity index (χ1v) is 9.96. The van der Waals surface area contributed by atoms with Gasteiger partial charge in [-0.25, -0.2) is 0 Å². The van der Waals surface area contributed by atoms with E-state index < -0.39 is 0 Å². The fourth-order valence-electron chi connectivity index (χ4n) is 3.60. The summed E-state index contributed by atoms with van der Waals surface area (Å²) in [5.41, 5.74) is 2.35. The monoisotopic (exact) mass is 382 g/mol. The second-order valence-electron chi connectivity index (χ2n) is 7.54. The molecule has 5 nitrogen and oxygen atoms in total. The highest BCUT2D eigenvalue weighted by Gasteiger charge is 2.17. The fraction of sp³-hybridized carbons (Fsp3) is 0.435. The van der Waals surface area contributed by atoms with Gasteiger partial charge >= 0.3 is 0 Å². The van der Waals surface area contributed by atoms with E-state index in [2.05, 4.69) is 41.4 Å². The Hall–Kier alpha value is -2.69. The molecule has 0 bridgehead atoms. The van der Waals surface area contributed by atoms with Crippen molar-refractivity contribution in [2.75, 3.05) is 31.7 Å². The Kier molecular flexibility index (Phi) is 6.80. The largest absolute Gasteiger partial charge is 0.497 e. The van der Waals surface area contributed by atoms with E-state index in [0.717, 1.165) is 24.6 Å². The van der Waals surface area contributed by atoms with Crippen LogP contribution in [0.4, 0.5) is 5.69 Å². The number of amides is 1. The van der Waals surface area contributed by atoms with Crippen LogP contribution < -0.4 is 19.7 Å². The van der Waals surface area contributed by atoms with Gasteiger partial charge in [0.1, 0.15) is 11.5 Å². The van der Waals surface area contributed by atoms with E-state index in [1.165, 1.54) is 18.5 Å². The Labute approximate surface area is 167 Å². The molecule has 0 aliphatic carbocycles. The van der Waals surface area contributed by atoms with Gasteiger partial charge in [-0.3, -0.25) is 4.79 Å². The highest BCUT2D eigenvalue weighted by Crippen LogP contribution is 2.24. The number of hydrogen-bond acceptors (Lipinski definition) is 4. The number of nitrogens with zero attached hydrogens (tertiary/aromatic N) is 1. The average molecular weight is 383 g/mol. The fourth-order valence-corrected chi connectivity index (χ4v) is 3.60. The summed E-state index contributed by atoms with van der Waals surface area (Å²) in [5, 5.41) is 2.99. The van der Waals surface area contributed by atoms with Crippen LogP contribution in [0.1, 0.15) is 38.3 Å². The summed E-state index contributed by atoms with van der Waals surface area (Å²) in [4.78, 5) is 14.7. The number of carbonyl (C=O) groups excluding carboxylic acids is 1. The first-order valence-electron chi connectivity index (χ1n) is 9.96. The third kappa shape index (κ3) is 5.41. The Morgan fingerprint density at radius 3 is 2.68 bits per heavy atom. The van der Waals surface area contributed by atoms with Crippen molar-refractivity contribution in [3.05, 3.63) is 54.1 Å². The molecular weight excluding hydrogens is 352 g/mol. The van der Waals surface area contributed by atoms with Gasteiger partial charge in [-0.1, -0.05) is 25.1 Å². The lowest BCUT2D eigenvalue weighted by atomic mass is 9.99. The van der Waals surface area contributed by atoms with Crippen molar-refractivity contribution in [2.24, 2.45) is 5.92 Å². The number of nitrogens with one attached hydrogen (secondary N) is 1. The minimum Gasteiger partial charge on any atom is -0.497 e. The van der Waals surface area contributed by atoms with Gasteiger partial charge in [-0.2, -0.15) is 0 Å². The van der Waals surface area contributed by atoms with E-state index in [9.17, 15) is 4.79 Å². The molecule has 0 aromatic heterocycles. The van der Waals surface area contributed by atoms with Crippen LogP contribution in [0, 0.1) is 5.92 Å². The van der Waals surface area contributed by atoms with Crippen molar-refractivity contribution >= 4 is 11.6 Å². The molecule has 1 aliphatic heterocycles. The smallest absolute Gasteiger partial charge is 0.258 e. The van der Waals surface area contributed by atoms with Gasteiger partial charge in [-0.15, -0.1) is 0 Å². The standard InChI is InChI=1S/C23H30N2O3/c1-17-6-5-13-25(15-17)20-11-9-19(10-12-20)18(2)24-23(26)16-28-22-8-4-7-21(14-22)27-3/h4,7-12,14,17-18H,5-6,13,15-16H2,1-3H3,(H,24,26)/t17-,18+/m0/s1. The predicted octanol–water partition coefficient (Wildman–Crippen LogP) is 4.19. The Morgan fingerprint density at radius 2 is 1.96 bits per heavy atom. The molecule has 28 heavy (non-hydrogen) atoms. The van der Waals surface area contributed by atoms with Crippen molar-refractivity contribution in [3.8, 4) is 11.5 Å². The van der Waals surface area contributed by atoms with Crippen molar-refractivity contribution in [3.63, 3.8) is 0 Å². The third-order valence-corrected chi connectivity index (χ3v) is 5.20. The third-order valence-electron chi connectivity index (χ3n) is 5.20. The minimum atomic E-state index is -0.149. The van der Waals surface area contributed by atoms with Crippen molar-refractivity contribution in [2.45, 2.75) is 32.7 Å². The van der Waals surface area contributed by atoms with Crippen LogP contribution in [-0.4, -0.2) is 32.7 Å². The van der Waals surface area contributed by atoms with Gasteiger partial charge in [0, 0.05) is 24.8 Å². The lowest BCUT2D eigenvalue weighted by Crippen LogP contribution is -2.34. The molecule has 1 saturated heterocycles. The zero-order valence-electron chi connectivity index (χ0n) is 17.0. The van der Waals surface area contributed by atoms with E-state index >= 15 is 0 Å². The molecule has 2 atom stereocenters. The van der Waals surface area contributed by atoms with E-state index in [1.807, 2.05) is 19.1 Å². The highest BCUT2D eigenvalue weighted by atomic mass is 16.5. The minimum absolute atomic E-state index is 0.0265. The molecule has 1 amide bonds. The number of ether oxygens (including phenoxy) is 2. The summed E-state index contributed by atoms with van der Waals surface area (Å²) >= 11 is 0. The molecule has 0 radical (unpaired) electrons. The van der Waals surface area contributed by atoms with Crippen LogP contribution in [-0.2, 0) is 4.79 Å². The van der Waals surface area contributed by atoms with Crippen LogP contribution >= 0.6 is 0 Å². The van der Waals surface area contributed by atoms with Gasteiger partial charge in [0.2, 0.25) is 0 Å². The molecule has 0 spiro atoms. The number of methoxy groups -OCH3 is 1. The summed E-state index contributed by atoms with van der Waals surface area (Å²) < 4.78 is 10.7. The maximum absolute atomic E-state index is 12.2. The molecule has 0 saturated carbocycles. The summed E-state index contributed by atoms with van der Waals surface area (Å²) in [5.74, 6) is 1.91. The molecule has 5 heteroatoms. The van der Waals surface area contributed by atoms with E-state index in [0.29, 0.717) is 11.5 Å². The van der Waals surface area contributed by atoms with E-state index in [4.69, 9.17) is 9.47 Å². The average Bonchev–Trinajstić information content (AvgIpc) is 2.72. The summed E-state index contributed by atoms with van der Waals surface area (Å²) in [6.07, 6.45) is 2.57. The Bertz CT molecular complexity index is 776. The molecule has 3 rings (SSSR count). The van der Waals surface area contributed by atoms with Crippen LogP contribution in [0.2, 0.25) is 0 Å². The van der Waals surface area contributed by atoms with Crippen molar-refractivity contribution in [1.29, 1.82) is 0 Å². The predicted molar refractivity (Wildman–Crippen MR) is 112 cm³/mol. The number of carbonyl (C=O) groups is 1. The van der Waals surface area contributed by atoms with Crippen LogP contribution in [0.15, 0.2) is 48.5 Å². The molecule has 2 aromatic carbocycles. The second kappa shape index (κ2) is 9.49. The Morgan fingerprint density at radius 1 is 1.21 bits per heavy atom. The van der Waals surface area contributed by atoms with Gasteiger partial charge in [0.05, 0.1) is 13.2 Å². The number of rotatable bonds is 7. The maximum atomic E-state index is 12.2. The van der Waals surface area contributed by atoms with Crippen molar-refractivity contribution in [1.82, 2.24) is 5.32 Å². The molecule has 1 fully saturated rings. The maximum Gasteiger partial charge on any atom is 0.258 e. The summed E-state index contributed by atoms with van der Waals surface area (Å²) in [7, 11) is 1.60. The summed E-state index contributed by atoms with van der Waals surface area (Å²) in [6.45, 7) is 6.51. The lowest BCUT2D eigenvalue weighted by Gasteiger charge is -2.33. The van der Waals surface area contributed by atoms with Crippen LogP contribution in [0.3, 0.4) is 0 Å². The SMILES string of the molecule is COc1cccc(OCC(=O)N[C@H](C)c2ccc(N3CCC[C@H](C)C3)cc2)c1. The van der Waals surface area contributed by atoms with Crippen molar-refractivity contribution < 1.29 is 14.3 Å². The molecular formula is C23H30N2O3. The number of hydrogen-bond donors (Lipinski definition) is 1. The van der Waals surface area contributed by atoms with Crippen LogP contribution in [0.25, 0.3) is 0 Å². The number of benzene rings is 2. The van der Waals surface area contributed by atoms with Gasteiger partial charge < -0.3 is 19.7 Å².